The monoisotopic (exact) mass is 212 g/mol. The van der Waals surface area contributed by atoms with Crippen LogP contribution >= 0.6 is 0 Å². The van der Waals surface area contributed by atoms with Gasteiger partial charge in [-0.1, -0.05) is 6.07 Å². The van der Waals surface area contributed by atoms with E-state index in [0.29, 0.717) is 0 Å². The smallest absolute Gasteiger partial charge is 0.190 e. The van der Waals surface area contributed by atoms with Crippen molar-refractivity contribution in [2.45, 2.75) is 0 Å². The summed E-state index contributed by atoms with van der Waals surface area (Å²) in [5, 5.41) is 17.5. The Bertz CT molecular complexity index is 329. The lowest BCUT2D eigenvalue weighted by Gasteiger charge is -2.04. The number of anilines is 1. The van der Waals surface area contributed by atoms with Crippen LogP contribution in [0, 0.1) is 10.3 Å². The summed E-state index contributed by atoms with van der Waals surface area (Å²) in [5.74, 6) is 0.657. The first kappa shape index (κ1) is 12.7. The molecule has 0 bridgehead atoms. The van der Waals surface area contributed by atoms with Gasteiger partial charge in [0.25, 0.3) is 0 Å². The van der Waals surface area contributed by atoms with E-state index < -0.39 is 0 Å². The number of benzene rings is 1. The van der Waals surface area contributed by atoms with E-state index in [1.165, 1.54) is 5.34 Å². The SMILES string of the molecule is COc1cccc(NC(=N)N)c1.O=NO. The first-order valence-electron chi connectivity index (χ1n) is 3.85. The quantitative estimate of drug-likeness (QED) is 0.253. The van der Waals surface area contributed by atoms with E-state index in [4.69, 9.17) is 26.0 Å². The number of nitrogens with zero attached hydrogens (tertiary/aromatic N) is 1. The van der Waals surface area contributed by atoms with Gasteiger partial charge in [0.05, 0.1) is 7.11 Å². The third-order valence-electron chi connectivity index (χ3n) is 1.35. The van der Waals surface area contributed by atoms with Gasteiger partial charge >= 0.3 is 0 Å². The fourth-order valence-electron chi connectivity index (χ4n) is 0.856. The molecule has 0 saturated heterocycles. The Labute approximate surface area is 86.3 Å². The fourth-order valence-corrected chi connectivity index (χ4v) is 0.856. The Morgan fingerprint density at radius 2 is 2.27 bits per heavy atom. The number of ether oxygens (including phenoxy) is 1. The molecule has 1 aromatic carbocycles. The van der Waals surface area contributed by atoms with Crippen LogP contribution in [0.3, 0.4) is 0 Å². The van der Waals surface area contributed by atoms with Gasteiger partial charge in [-0.3, -0.25) is 5.41 Å². The maximum absolute atomic E-state index is 8.11. The molecule has 0 aliphatic rings. The number of rotatable bonds is 2. The molecule has 1 aromatic rings. The molecule has 7 nitrogen and oxygen atoms in total. The first-order chi connectivity index (χ1) is 7.13. The van der Waals surface area contributed by atoms with Gasteiger partial charge in [0.15, 0.2) is 11.3 Å². The number of nitrogens with one attached hydrogen (secondary N) is 2. The summed E-state index contributed by atoms with van der Waals surface area (Å²) in [5.41, 5.74) is 5.90. The summed E-state index contributed by atoms with van der Waals surface area (Å²) >= 11 is 0. The van der Waals surface area contributed by atoms with E-state index in [1.54, 1.807) is 13.2 Å². The molecular weight excluding hydrogens is 200 g/mol. The number of nitrogens with two attached hydrogens (primary N) is 1. The van der Waals surface area contributed by atoms with E-state index >= 15 is 0 Å². The van der Waals surface area contributed by atoms with Gasteiger partial charge in [0.2, 0.25) is 0 Å². The molecule has 0 heterocycles. The lowest BCUT2D eigenvalue weighted by Crippen LogP contribution is -2.20. The summed E-state index contributed by atoms with van der Waals surface area (Å²) in [7, 11) is 1.59. The van der Waals surface area contributed by atoms with Crippen molar-refractivity contribution in [2.24, 2.45) is 11.1 Å². The second-order valence-electron chi connectivity index (χ2n) is 2.35. The fraction of sp³-hybridized carbons (Fsp3) is 0.125. The van der Waals surface area contributed by atoms with Crippen LogP contribution in [-0.2, 0) is 0 Å². The van der Waals surface area contributed by atoms with Crippen LogP contribution in [0.15, 0.2) is 29.6 Å². The van der Waals surface area contributed by atoms with Gasteiger partial charge in [0, 0.05) is 11.8 Å². The average molecular weight is 212 g/mol. The Morgan fingerprint density at radius 1 is 1.67 bits per heavy atom. The molecule has 0 aromatic heterocycles. The Morgan fingerprint density at radius 3 is 2.73 bits per heavy atom. The second kappa shape index (κ2) is 7.13. The standard InChI is InChI=1S/C8H11N3O.HNO2/c1-12-7-4-2-3-6(5-7)11-8(9)10;2-1-3/h2-5H,1H3,(H4,9,10,11);(H,2,3). The molecule has 0 saturated carbocycles. The summed E-state index contributed by atoms with van der Waals surface area (Å²) in [6.45, 7) is 0. The topological polar surface area (TPSA) is 121 Å². The van der Waals surface area contributed by atoms with Gasteiger partial charge in [-0.15, -0.1) is 4.91 Å². The predicted molar refractivity (Wildman–Crippen MR) is 56.1 cm³/mol. The molecule has 0 fully saturated rings. The number of hydrogen-bond donors (Lipinski definition) is 4. The van der Waals surface area contributed by atoms with Crippen molar-refractivity contribution in [1.82, 2.24) is 0 Å². The minimum absolute atomic E-state index is 0.0803. The van der Waals surface area contributed by atoms with E-state index in [1.807, 2.05) is 18.2 Å². The lowest BCUT2D eigenvalue weighted by molar-refractivity contribution is 0.312. The third-order valence-corrected chi connectivity index (χ3v) is 1.35. The molecule has 5 N–H and O–H groups in total. The molecule has 0 atom stereocenters. The van der Waals surface area contributed by atoms with Gasteiger partial charge in [0.1, 0.15) is 5.75 Å². The van der Waals surface area contributed by atoms with Crippen LogP contribution in [0.25, 0.3) is 0 Å². The van der Waals surface area contributed by atoms with Crippen molar-refractivity contribution < 1.29 is 9.94 Å². The first-order valence-corrected chi connectivity index (χ1v) is 3.85. The Balaban J connectivity index is 0.000000583. The maximum Gasteiger partial charge on any atom is 0.190 e. The minimum atomic E-state index is -0.0803. The second-order valence-corrected chi connectivity index (χ2v) is 2.35. The third kappa shape index (κ3) is 5.86. The normalized spacial score (nSPS) is 8.07. The zero-order valence-corrected chi connectivity index (χ0v) is 8.10. The zero-order chi connectivity index (χ0) is 11.7. The molecular formula is C8H12N4O3. The van der Waals surface area contributed by atoms with Crippen LogP contribution in [0.1, 0.15) is 0 Å². The highest BCUT2D eigenvalue weighted by atomic mass is 16.6. The van der Waals surface area contributed by atoms with Crippen LogP contribution in [-0.4, -0.2) is 18.3 Å². The van der Waals surface area contributed by atoms with Crippen molar-refractivity contribution in [3.63, 3.8) is 0 Å². The lowest BCUT2D eigenvalue weighted by atomic mass is 10.3. The molecule has 0 unspecified atom stereocenters. The predicted octanol–water partition coefficient (Wildman–Crippen LogP) is 1.14. The van der Waals surface area contributed by atoms with Crippen LogP contribution in [0.5, 0.6) is 5.75 Å². The van der Waals surface area contributed by atoms with Gasteiger partial charge in [-0.2, -0.15) is 0 Å². The largest absolute Gasteiger partial charge is 0.497 e. The van der Waals surface area contributed by atoms with Crippen LogP contribution in [0.4, 0.5) is 5.69 Å². The van der Waals surface area contributed by atoms with Gasteiger partial charge < -0.3 is 21.0 Å². The van der Waals surface area contributed by atoms with E-state index in [-0.39, 0.29) is 5.96 Å². The molecule has 0 aliphatic carbocycles. The molecule has 0 amide bonds. The van der Waals surface area contributed by atoms with E-state index in [9.17, 15) is 0 Å². The number of methoxy groups -OCH3 is 1. The molecule has 0 radical (unpaired) electrons. The summed E-state index contributed by atoms with van der Waals surface area (Å²) in [4.78, 5) is 8.11. The number of guanidine groups is 1. The Kier molecular flexibility index (Phi) is 6.03. The highest BCUT2D eigenvalue weighted by Crippen LogP contribution is 2.15. The van der Waals surface area contributed by atoms with Crippen molar-refractivity contribution in [1.29, 1.82) is 5.41 Å². The van der Waals surface area contributed by atoms with Crippen molar-refractivity contribution in [3.8, 4) is 5.75 Å². The number of hydrogen-bond acceptors (Lipinski definition) is 4. The van der Waals surface area contributed by atoms with Crippen molar-refractivity contribution in [2.75, 3.05) is 12.4 Å². The van der Waals surface area contributed by atoms with Crippen LogP contribution < -0.4 is 15.8 Å². The molecule has 1 rings (SSSR count). The minimum Gasteiger partial charge on any atom is -0.497 e. The molecule has 82 valence electrons. The average Bonchev–Trinajstić information content (AvgIpc) is 2.18. The summed E-state index contributed by atoms with van der Waals surface area (Å²) in [6.07, 6.45) is 0. The molecule has 0 spiro atoms. The maximum atomic E-state index is 8.11. The zero-order valence-electron chi connectivity index (χ0n) is 8.10. The Hall–Kier alpha value is -2.31. The highest BCUT2D eigenvalue weighted by molar-refractivity contribution is 5.89. The van der Waals surface area contributed by atoms with Gasteiger partial charge in [-0.05, 0) is 12.1 Å². The van der Waals surface area contributed by atoms with Crippen molar-refractivity contribution in [3.05, 3.63) is 29.2 Å². The van der Waals surface area contributed by atoms with Crippen LogP contribution in [0.2, 0.25) is 0 Å². The highest BCUT2D eigenvalue weighted by Gasteiger charge is 1.94. The molecule has 0 aliphatic heterocycles. The van der Waals surface area contributed by atoms with Gasteiger partial charge in [-0.25, -0.2) is 0 Å². The van der Waals surface area contributed by atoms with E-state index in [2.05, 4.69) is 5.32 Å². The van der Waals surface area contributed by atoms with Crippen molar-refractivity contribution >= 4 is 11.6 Å². The summed E-state index contributed by atoms with van der Waals surface area (Å²) in [6, 6.07) is 7.22. The molecule has 7 heteroatoms. The van der Waals surface area contributed by atoms with E-state index in [0.717, 1.165) is 11.4 Å². The summed E-state index contributed by atoms with van der Waals surface area (Å²) < 4.78 is 4.99. The molecule has 15 heavy (non-hydrogen) atoms.